The van der Waals surface area contributed by atoms with Gasteiger partial charge in [0.1, 0.15) is 23.0 Å². The molecule has 0 heterocycles. The molecule has 4 rings (SSSR count). The second-order valence-electron chi connectivity index (χ2n) is 17.3. The number of unbranched alkanes of at least 4 members (excludes halogenated alkanes) is 22. The summed E-state index contributed by atoms with van der Waals surface area (Å²) in [5.74, 6) is 1.38. The molecule has 0 saturated carbocycles. The number of hydrogen-bond acceptors (Lipinski definition) is 7. The van der Waals surface area contributed by atoms with Crippen molar-refractivity contribution in [1.29, 1.82) is 0 Å². The van der Waals surface area contributed by atoms with Crippen LogP contribution < -0.4 is 18.9 Å². The Labute approximate surface area is 384 Å². The zero-order valence-electron chi connectivity index (χ0n) is 39.3. The third-order valence-corrected chi connectivity index (χ3v) is 12.2. The van der Waals surface area contributed by atoms with Crippen LogP contribution in [0.3, 0.4) is 0 Å². The highest BCUT2D eigenvalue weighted by atomic mass is 16.7. The lowest BCUT2D eigenvalue weighted by Gasteiger charge is -2.25. The zero-order valence-corrected chi connectivity index (χ0v) is 39.3. The second kappa shape index (κ2) is 30.9. The van der Waals surface area contributed by atoms with Gasteiger partial charge in [0, 0.05) is 17.5 Å². The van der Waals surface area contributed by atoms with Crippen molar-refractivity contribution in [3.63, 3.8) is 0 Å². The van der Waals surface area contributed by atoms with Gasteiger partial charge in [-0.25, -0.2) is 4.79 Å². The van der Waals surface area contributed by atoms with Gasteiger partial charge in [0.2, 0.25) is 0 Å². The zero-order chi connectivity index (χ0) is 45.6. The molecule has 4 aromatic rings. The van der Waals surface area contributed by atoms with Crippen molar-refractivity contribution in [2.45, 2.75) is 174 Å². The number of hydrogen-bond donors (Lipinski definition) is 1. The molecule has 350 valence electrons. The van der Waals surface area contributed by atoms with Crippen molar-refractivity contribution in [3.8, 4) is 34.1 Å². The maximum absolute atomic E-state index is 12.7. The lowest BCUT2D eigenvalue weighted by Crippen LogP contribution is -2.12. The van der Waals surface area contributed by atoms with Crippen LogP contribution in [-0.4, -0.2) is 36.5 Å². The quantitative estimate of drug-likeness (QED) is 0.0121. The van der Waals surface area contributed by atoms with Crippen LogP contribution >= 0.6 is 0 Å². The average molecular weight is 880 g/mol. The van der Waals surface area contributed by atoms with Gasteiger partial charge in [-0.15, -0.1) is 0 Å². The number of benzene rings is 4. The first-order valence-corrected chi connectivity index (χ1v) is 24.7. The predicted molar refractivity (Wildman–Crippen MR) is 261 cm³/mol. The molecule has 0 unspecified atom stereocenters. The molecule has 0 atom stereocenters. The minimum atomic E-state index is -1.52. The maximum Gasteiger partial charge on any atom is 0.511 e. The minimum absolute atomic E-state index is 0.00789. The highest BCUT2D eigenvalue weighted by molar-refractivity contribution is 5.82. The minimum Gasteiger partial charge on any atom is -0.497 e. The Morgan fingerprint density at radius 1 is 0.531 bits per heavy atom. The van der Waals surface area contributed by atoms with E-state index < -0.39 is 17.0 Å². The maximum atomic E-state index is 12.7. The van der Waals surface area contributed by atoms with E-state index in [0.717, 1.165) is 48.3 Å². The van der Waals surface area contributed by atoms with Gasteiger partial charge >= 0.3 is 6.16 Å². The van der Waals surface area contributed by atoms with E-state index in [9.17, 15) is 20.0 Å². The monoisotopic (exact) mass is 880 g/mol. The smallest absolute Gasteiger partial charge is 0.497 e. The van der Waals surface area contributed by atoms with Crippen molar-refractivity contribution in [2.24, 2.45) is 0 Å². The molecule has 1 N–H and O–H groups in total. The Balaban J connectivity index is 1.48. The Morgan fingerprint density at radius 2 is 0.906 bits per heavy atom. The standard InChI is InChI=1S/C55H77NO8/c1-4-6-8-10-12-14-16-18-20-22-24-26-42-62-48-36-30-44(31-37-48)52(45-32-38-49(39-33-45)63-43-27-25-23-21-19-17-15-13-11-9-7-5-2)54-51(64-55(57)58)41-40-50(56(59)60)53(54)46-28-34-47(61-3)35-29-46/h28-41,52H,4-27,42-43H2,1-3H3,(H,57,58). The predicted octanol–water partition coefficient (Wildman–Crippen LogP) is 16.7. The molecule has 9 nitrogen and oxygen atoms in total. The van der Waals surface area contributed by atoms with Crippen molar-refractivity contribution in [2.75, 3.05) is 20.3 Å². The van der Waals surface area contributed by atoms with Crippen LogP contribution in [0.2, 0.25) is 0 Å². The van der Waals surface area contributed by atoms with Crippen LogP contribution in [0, 0.1) is 10.1 Å². The van der Waals surface area contributed by atoms with E-state index in [2.05, 4.69) is 13.8 Å². The fourth-order valence-corrected chi connectivity index (χ4v) is 8.58. The van der Waals surface area contributed by atoms with Crippen molar-refractivity contribution < 1.29 is 33.8 Å². The van der Waals surface area contributed by atoms with E-state index in [1.165, 1.54) is 141 Å². The van der Waals surface area contributed by atoms with E-state index >= 15 is 0 Å². The first-order chi connectivity index (χ1) is 31.4. The molecule has 0 spiro atoms. The largest absolute Gasteiger partial charge is 0.511 e. The van der Waals surface area contributed by atoms with Gasteiger partial charge in [-0.3, -0.25) is 10.1 Å². The topological polar surface area (TPSA) is 117 Å². The number of nitro groups is 1. The Morgan fingerprint density at radius 3 is 1.27 bits per heavy atom. The molecule has 4 aromatic carbocycles. The molecule has 64 heavy (non-hydrogen) atoms. The third-order valence-electron chi connectivity index (χ3n) is 12.2. The summed E-state index contributed by atoms with van der Waals surface area (Å²) in [5.41, 5.74) is 2.54. The molecule has 0 aliphatic heterocycles. The van der Waals surface area contributed by atoms with Gasteiger partial charge in [-0.05, 0) is 72.0 Å². The number of ether oxygens (including phenoxy) is 4. The molecule has 0 fully saturated rings. The van der Waals surface area contributed by atoms with Crippen LogP contribution in [0.25, 0.3) is 11.1 Å². The fourth-order valence-electron chi connectivity index (χ4n) is 8.58. The van der Waals surface area contributed by atoms with Gasteiger partial charge in [0.05, 0.1) is 30.8 Å². The lowest BCUT2D eigenvalue weighted by molar-refractivity contribution is -0.384. The number of carbonyl (C=O) groups is 1. The van der Waals surface area contributed by atoms with Gasteiger partial charge in [-0.2, -0.15) is 0 Å². The number of carboxylic acid groups (broad SMARTS) is 1. The molecule has 0 aliphatic carbocycles. The van der Waals surface area contributed by atoms with Crippen molar-refractivity contribution in [3.05, 3.63) is 112 Å². The molecular formula is C55H77NO8. The Bertz CT molecular complexity index is 1800. The van der Waals surface area contributed by atoms with Gasteiger partial charge < -0.3 is 24.1 Å². The molecule has 0 aromatic heterocycles. The summed E-state index contributed by atoms with van der Waals surface area (Å²) in [7, 11) is 1.55. The van der Waals surface area contributed by atoms with Gasteiger partial charge in [-0.1, -0.05) is 192 Å². The number of methoxy groups -OCH3 is 1. The number of nitro benzene ring substituents is 1. The summed E-state index contributed by atoms with van der Waals surface area (Å²) < 4.78 is 23.2. The van der Waals surface area contributed by atoms with E-state index in [1.807, 2.05) is 48.5 Å². The van der Waals surface area contributed by atoms with E-state index in [1.54, 1.807) is 31.4 Å². The van der Waals surface area contributed by atoms with E-state index in [4.69, 9.17) is 18.9 Å². The Kier molecular flexibility index (Phi) is 24.9. The van der Waals surface area contributed by atoms with Gasteiger partial charge in [0.25, 0.3) is 5.69 Å². The fraction of sp³-hybridized carbons (Fsp3) is 0.545. The summed E-state index contributed by atoms with van der Waals surface area (Å²) in [5, 5.41) is 22.6. The molecule has 9 heteroatoms. The third kappa shape index (κ3) is 18.6. The van der Waals surface area contributed by atoms with Crippen LogP contribution in [-0.2, 0) is 0 Å². The summed E-state index contributed by atoms with van der Waals surface area (Å²) in [6.45, 7) is 5.75. The van der Waals surface area contributed by atoms with Crippen LogP contribution in [0.4, 0.5) is 10.5 Å². The summed E-state index contributed by atoms with van der Waals surface area (Å²) in [4.78, 5) is 24.5. The molecular weight excluding hydrogens is 803 g/mol. The SMILES string of the molecule is CCCCCCCCCCCCCCOc1ccc(C(c2ccc(OCCCCCCCCCCCCCC)cc2)c2c(OC(=O)O)ccc([N+](=O)[O-])c2-c2ccc(OC)cc2)cc1. The molecule has 0 saturated heterocycles. The Hall–Kier alpha value is -5.05. The van der Waals surface area contributed by atoms with Crippen LogP contribution in [0.5, 0.6) is 23.0 Å². The molecule has 0 amide bonds. The highest BCUT2D eigenvalue weighted by Gasteiger charge is 2.31. The van der Waals surface area contributed by atoms with Crippen LogP contribution in [0.1, 0.15) is 191 Å². The molecule has 0 bridgehead atoms. The van der Waals surface area contributed by atoms with Crippen molar-refractivity contribution >= 4 is 11.8 Å². The first kappa shape index (κ1) is 51.6. The summed E-state index contributed by atoms with van der Waals surface area (Å²) >= 11 is 0. The summed E-state index contributed by atoms with van der Waals surface area (Å²) in [6, 6.07) is 25.1. The van der Waals surface area contributed by atoms with Crippen molar-refractivity contribution in [1.82, 2.24) is 0 Å². The molecule has 0 radical (unpaired) electrons. The number of rotatable bonds is 35. The van der Waals surface area contributed by atoms with E-state index in [-0.39, 0.29) is 17.0 Å². The lowest BCUT2D eigenvalue weighted by atomic mass is 9.80. The van der Waals surface area contributed by atoms with E-state index in [0.29, 0.717) is 30.1 Å². The van der Waals surface area contributed by atoms with Gasteiger partial charge in [0.15, 0.2) is 0 Å². The summed E-state index contributed by atoms with van der Waals surface area (Å²) in [6.07, 6.45) is 29.1. The first-order valence-electron chi connectivity index (χ1n) is 24.7. The second-order valence-corrected chi connectivity index (χ2v) is 17.3. The highest BCUT2D eigenvalue weighted by Crippen LogP contribution is 2.48. The molecule has 0 aliphatic rings. The van der Waals surface area contributed by atoms with Crippen LogP contribution in [0.15, 0.2) is 84.9 Å². The normalized spacial score (nSPS) is 11.2. The number of nitrogens with zero attached hydrogens (tertiary/aromatic N) is 1. The average Bonchev–Trinajstić information content (AvgIpc) is 3.30.